The summed E-state index contributed by atoms with van der Waals surface area (Å²) < 4.78 is 17.7. The van der Waals surface area contributed by atoms with Gasteiger partial charge in [0.25, 0.3) is 5.79 Å². The third-order valence-electron chi connectivity index (χ3n) is 5.07. The molecule has 0 atom stereocenters. The van der Waals surface area contributed by atoms with Crippen LogP contribution >= 0.6 is 0 Å². The van der Waals surface area contributed by atoms with Crippen molar-refractivity contribution in [3.8, 4) is 11.5 Å². The highest BCUT2D eigenvalue weighted by Gasteiger charge is 2.49. The molecule has 5 rings (SSSR count). The topological polar surface area (TPSA) is 60.9 Å². The number of esters is 1. The Labute approximate surface area is 145 Å². The fourth-order valence-corrected chi connectivity index (χ4v) is 3.87. The van der Waals surface area contributed by atoms with E-state index in [1.165, 1.54) is 0 Å². The second kappa shape index (κ2) is 4.65. The first kappa shape index (κ1) is 14.6. The molecule has 6 nitrogen and oxygen atoms in total. The molecule has 6 heteroatoms. The molecule has 0 radical (unpaired) electrons. The summed E-state index contributed by atoms with van der Waals surface area (Å²) in [5.41, 5.74) is 0.804. The van der Waals surface area contributed by atoms with Gasteiger partial charge in [-0.05, 0) is 32.0 Å². The van der Waals surface area contributed by atoms with E-state index in [0.717, 1.165) is 17.1 Å². The van der Waals surface area contributed by atoms with E-state index in [9.17, 15) is 4.79 Å². The molecule has 1 spiro atoms. The molecule has 2 aromatic rings. The number of para-hydroxylation sites is 2. The average Bonchev–Trinajstić information content (AvgIpc) is 3.22. The van der Waals surface area contributed by atoms with Gasteiger partial charge in [0.05, 0.1) is 6.54 Å². The van der Waals surface area contributed by atoms with E-state index in [0.29, 0.717) is 30.9 Å². The highest BCUT2D eigenvalue weighted by atomic mass is 16.7. The van der Waals surface area contributed by atoms with Crippen LogP contribution in [0.3, 0.4) is 0 Å². The van der Waals surface area contributed by atoms with Crippen molar-refractivity contribution < 1.29 is 19.0 Å². The van der Waals surface area contributed by atoms with Crippen LogP contribution in [0.5, 0.6) is 11.5 Å². The number of hydrogen-bond acceptors (Lipinski definition) is 6. The smallest absolute Gasteiger partial charge is 0.343 e. The normalized spacial score (nSPS) is 21.5. The van der Waals surface area contributed by atoms with E-state index in [2.05, 4.69) is 4.98 Å². The van der Waals surface area contributed by atoms with Gasteiger partial charge in [-0.25, -0.2) is 9.78 Å². The Balaban J connectivity index is 1.48. The van der Waals surface area contributed by atoms with Crippen LogP contribution in [-0.2, 0) is 10.3 Å². The van der Waals surface area contributed by atoms with Crippen LogP contribution in [0.15, 0.2) is 36.5 Å². The number of aromatic nitrogens is 1. The fraction of sp³-hybridized carbons (Fsp3) is 0.368. The number of carbonyl (C=O) groups excluding carboxylic acids is 1. The number of hydrogen-bond donors (Lipinski definition) is 0. The molecule has 0 bridgehead atoms. The van der Waals surface area contributed by atoms with Crippen LogP contribution in [0, 0.1) is 0 Å². The van der Waals surface area contributed by atoms with Crippen LogP contribution in [-0.4, -0.2) is 29.8 Å². The molecule has 3 aliphatic heterocycles. The van der Waals surface area contributed by atoms with Gasteiger partial charge in [-0.1, -0.05) is 12.1 Å². The maximum absolute atomic E-state index is 12.4. The number of cyclic esters (lactones) is 1. The summed E-state index contributed by atoms with van der Waals surface area (Å²) in [6.07, 6.45) is 2.43. The lowest BCUT2D eigenvalue weighted by Gasteiger charge is -2.24. The largest absolute Gasteiger partial charge is 0.451 e. The van der Waals surface area contributed by atoms with Crippen molar-refractivity contribution in [2.24, 2.45) is 0 Å². The zero-order chi connectivity index (χ0) is 17.2. The first-order chi connectivity index (χ1) is 12.0. The summed E-state index contributed by atoms with van der Waals surface area (Å²) in [4.78, 5) is 18.9. The number of benzene rings is 1. The molecule has 1 fully saturated rings. The lowest BCUT2D eigenvalue weighted by atomic mass is 9.97. The third-order valence-corrected chi connectivity index (χ3v) is 5.07. The maximum atomic E-state index is 12.4. The van der Waals surface area contributed by atoms with Crippen LogP contribution in [0.25, 0.3) is 0 Å². The third kappa shape index (κ3) is 2.03. The van der Waals surface area contributed by atoms with Crippen molar-refractivity contribution in [2.75, 3.05) is 18.0 Å². The maximum Gasteiger partial charge on any atom is 0.343 e. The number of anilines is 1. The van der Waals surface area contributed by atoms with Gasteiger partial charge in [0.1, 0.15) is 17.0 Å². The van der Waals surface area contributed by atoms with Crippen LogP contribution in [0.4, 0.5) is 5.82 Å². The zero-order valence-corrected chi connectivity index (χ0v) is 14.1. The van der Waals surface area contributed by atoms with Crippen molar-refractivity contribution in [3.63, 3.8) is 0 Å². The molecule has 4 heterocycles. The minimum atomic E-state index is -0.716. The highest BCUT2D eigenvalue weighted by molar-refractivity contribution is 5.99. The Morgan fingerprint density at radius 3 is 2.52 bits per heavy atom. The minimum Gasteiger partial charge on any atom is -0.451 e. The Bertz CT molecular complexity index is 868. The van der Waals surface area contributed by atoms with Gasteiger partial charge in [0, 0.05) is 24.7 Å². The molecule has 0 amide bonds. The van der Waals surface area contributed by atoms with Gasteiger partial charge in [0.2, 0.25) is 0 Å². The molecule has 0 unspecified atom stereocenters. The molecule has 0 N–H and O–H groups in total. The lowest BCUT2D eigenvalue weighted by molar-refractivity contribution is -0.0578. The van der Waals surface area contributed by atoms with E-state index in [1.54, 1.807) is 6.20 Å². The highest BCUT2D eigenvalue weighted by Crippen LogP contribution is 2.45. The van der Waals surface area contributed by atoms with Crippen molar-refractivity contribution >= 4 is 11.8 Å². The molecule has 1 aromatic heterocycles. The van der Waals surface area contributed by atoms with Crippen LogP contribution in [0.2, 0.25) is 0 Å². The summed E-state index contributed by atoms with van der Waals surface area (Å²) in [7, 11) is 0. The van der Waals surface area contributed by atoms with E-state index in [4.69, 9.17) is 14.2 Å². The lowest BCUT2D eigenvalue weighted by Crippen LogP contribution is -2.41. The van der Waals surface area contributed by atoms with E-state index >= 15 is 0 Å². The van der Waals surface area contributed by atoms with Crippen LogP contribution in [0.1, 0.15) is 36.2 Å². The summed E-state index contributed by atoms with van der Waals surface area (Å²) in [5.74, 6) is 1.13. The summed E-state index contributed by atoms with van der Waals surface area (Å²) in [6.45, 7) is 5.00. The number of nitrogens with zero attached hydrogens (tertiary/aromatic N) is 2. The fourth-order valence-electron chi connectivity index (χ4n) is 3.87. The molecular weight excluding hydrogens is 320 g/mol. The Hall–Kier alpha value is -2.76. The second-order valence-corrected chi connectivity index (χ2v) is 7.19. The van der Waals surface area contributed by atoms with Gasteiger partial charge in [-0.15, -0.1) is 0 Å². The van der Waals surface area contributed by atoms with Gasteiger partial charge >= 0.3 is 5.97 Å². The average molecular weight is 338 g/mol. The molecular formula is C19H18N2O4. The number of ether oxygens (including phenoxy) is 3. The predicted molar refractivity (Wildman–Crippen MR) is 89.9 cm³/mol. The van der Waals surface area contributed by atoms with Gasteiger partial charge < -0.3 is 19.1 Å². The van der Waals surface area contributed by atoms with Crippen molar-refractivity contribution in [1.82, 2.24) is 4.98 Å². The molecule has 1 aromatic carbocycles. The molecule has 0 saturated carbocycles. The molecule has 3 aliphatic rings. The standard InChI is InChI=1S/C19H18N2O4/c1-18(2)12-7-9-20-16(15(12)17(22)25-18)21-10-8-19(11-21)23-13-5-3-4-6-14(13)24-19/h3-7,9H,8,10-11H2,1-2H3. The quantitative estimate of drug-likeness (QED) is 0.745. The first-order valence-corrected chi connectivity index (χ1v) is 8.42. The van der Waals surface area contributed by atoms with Crippen molar-refractivity contribution in [1.29, 1.82) is 0 Å². The zero-order valence-electron chi connectivity index (χ0n) is 14.1. The molecule has 1 saturated heterocycles. The predicted octanol–water partition coefficient (Wildman–Crippen LogP) is 2.86. The van der Waals surface area contributed by atoms with Crippen LogP contribution < -0.4 is 14.4 Å². The van der Waals surface area contributed by atoms with E-state index in [-0.39, 0.29) is 5.97 Å². The van der Waals surface area contributed by atoms with Crippen molar-refractivity contribution in [3.05, 3.63) is 47.7 Å². The monoisotopic (exact) mass is 338 g/mol. The van der Waals surface area contributed by atoms with Crippen molar-refractivity contribution in [2.45, 2.75) is 31.7 Å². The summed E-state index contributed by atoms with van der Waals surface area (Å²) in [6, 6.07) is 9.53. The van der Waals surface area contributed by atoms with Gasteiger partial charge in [-0.2, -0.15) is 0 Å². The summed E-state index contributed by atoms with van der Waals surface area (Å²) in [5, 5.41) is 0. The number of pyridine rings is 1. The van der Waals surface area contributed by atoms with Gasteiger partial charge in [0.15, 0.2) is 11.5 Å². The van der Waals surface area contributed by atoms with E-state index < -0.39 is 11.4 Å². The Kier molecular flexibility index (Phi) is 2.71. The first-order valence-electron chi connectivity index (χ1n) is 8.42. The Morgan fingerprint density at radius 2 is 1.80 bits per heavy atom. The van der Waals surface area contributed by atoms with E-state index in [1.807, 2.05) is 49.1 Å². The number of rotatable bonds is 1. The second-order valence-electron chi connectivity index (χ2n) is 7.19. The molecule has 25 heavy (non-hydrogen) atoms. The Morgan fingerprint density at radius 1 is 1.08 bits per heavy atom. The number of carbonyl (C=O) groups is 1. The number of fused-ring (bicyclic) bond motifs is 2. The summed E-state index contributed by atoms with van der Waals surface area (Å²) >= 11 is 0. The molecule has 128 valence electrons. The van der Waals surface area contributed by atoms with Gasteiger partial charge in [-0.3, -0.25) is 0 Å². The SMILES string of the molecule is CC1(C)OC(=O)c2c1ccnc2N1CCC2(C1)Oc1ccccc1O2. The minimum absolute atomic E-state index is 0.319. The molecule has 0 aliphatic carbocycles.